The minimum atomic E-state index is -0.369. The van der Waals surface area contributed by atoms with Gasteiger partial charge in [-0.05, 0) is 0 Å². The minimum Gasteiger partial charge on any atom is -0.466 e. The van der Waals surface area contributed by atoms with Crippen molar-refractivity contribution in [3.05, 3.63) is 0 Å². The average molecular weight is 267 g/mol. The van der Waals surface area contributed by atoms with Crippen LogP contribution in [0, 0.1) is 0 Å². The van der Waals surface area contributed by atoms with Gasteiger partial charge in [-0.15, -0.1) is 5.10 Å². The van der Waals surface area contributed by atoms with Crippen molar-refractivity contribution >= 4 is 23.7 Å². The molecule has 0 bridgehead atoms. The number of ether oxygens (including phenoxy) is 1. The van der Waals surface area contributed by atoms with Crippen LogP contribution in [0.15, 0.2) is 0 Å². The highest BCUT2D eigenvalue weighted by atomic mass is 16.5. The number of aromatic nitrogens is 3. The summed E-state index contributed by atoms with van der Waals surface area (Å²) in [4.78, 5) is 39.2. The number of carbonyl (C=O) groups excluding carboxylic acids is 3. The lowest BCUT2D eigenvalue weighted by Gasteiger charge is -2.12. The quantitative estimate of drug-likeness (QED) is 0.680. The van der Waals surface area contributed by atoms with Crippen molar-refractivity contribution in [3.63, 3.8) is 0 Å². The Balaban J connectivity index is 1.81. The van der Waals surface area contributed by atoms with E-state index in [1.54, 1.807) is 0 Å². The van der Waals surface area contributed by atoms with Crippen molar-refractivity contribution in [3.8, 4) is 6.01 Å². The van der Waals surface area contributed by atoms with E-state index in [4.69, 9.17) is 4.74 Å². The summed E-state index contributed by atoms with van der Waals surface area (Å²) in [5, 5.41) is 8.58. The molecule has 1 aromatic heterocycles. The van der Waals surface area contributed by atoms with Crippen LogP contribution in [0.2, 0.25) is 0 Å². The molecular weight excluding hydrogens is 254 g/mol. The van der Waals surface area contributed by atoms with E-state index < -0.39 is 0 Å². The molecule has 0 aromatic carbocycles. The van der Waals surface area contributed by atoms with E-state index in [1.807, 2.05) is 0 Å². The molecule has 1 aliphatic rings. The summed E-state index contributed by atoms with van der Waals surface area (Å²) in [6, 6.07) is 0.111. The summed E-state index contributed by atoms with van der Waals surface area (Å²) in [7, 11) is 1.40. The third kappa shape index (κ3) is 3.06. The van der Waals surface area contributed by atoms with Crippen LogP contribution in [-0.4, -0.2) is 51.5 Å². The fourth-order valence-corrected chi connectivity index (χ4v) is 1.67. The smallest absolute Gasteiger partial charge is 0.336 e. The second-order valence-electron chi connectivity index (χ2n) is 3.91. The molecule has 1 aliphatic heterocycles. The van der Waals surface area contributed by atoms with Gasteiger partial charge in [0.25, 0.3) is 0 Å². The fraction of sp³-hybridized carbons (Fsp3) is 0.500. The van der Waals surface area contributed by atoms with Crippen LogP contribution in [0.1, 0.15) is 19.3 Å². The SMILES string of the molecule is COc1n[nH]c(NC(=O)CCN2C(=O)CCC2=O)n1. The van der Waals surface area contributed by atoms with Gasteiger partial charge in [-0.1, -0.05) is 0 Å². The van der Waals surface area contributed by atoms with Gasteiger partial charge in [0.2, 0.25) is 23.7 Å². The maximum atomic E-state index is 11.6. The summed E-state index contributed by atoms with van der Waals surface area (Å²) >= 11 is 0. The van der Waals surface area contributed by atoms with Crippen molar-refractivity contribution in [2.45, 2.75) is 19.3 Å². The maximum absolute atomic E-state index is 11.6. The zero-order valence-corrected chi connectivity index (χ0v) is 10.3. The van der Waals surface area contributed by atoms with Gasteiger partial charge in [-0.2, -0.15) is 4.98 Å². The summed E-state index contributed by atoms with van der Waals surface area (Å²) in [5.74, 6) is -0.689. The molecule has 9 heteroatoms. The monoisotopic (exact) mass is 267 g/mol. The topological polar surface area (TPSA) is 117 Å². The van der Waals surface area contributed by atoms with Gasteiger partial charge >= 0.3 is 6.01 Å². The standard InChI is InChI=1S/C10H13N5O4/c1-19-10-12-9(13-14-10)11-6(16)4-5-15-7(17)2-3-8(15)18/h2-5H2,1H3,(H2,11,12,13,14,16). The van der Waals surface area contributed by atoms with Gasteiger partial charge < -0.3 is 4.74 Å². The highest BCUT2D eigenvalue weighted by molar-refractivity contribution is 6.02. The van der Waals surface area contributed by atoms with Gasteiger partial charge in [0, 0.05) is 25.8 Å². The van der Waals surface area contributed by atoms with Crippen LogP contribution in [0.3, 0.4) is 0 Å². The number of likely N-dealkylation sites (tertiary alicyclic amines) is 1. The van der Waals surface area contributed by atoms with Crippen molar-refractivity contribution in [2.75, 3.05) is 19.0 Å². The first-order valence-electron chi connectivity index (χ1n) is 5.69. The number of imide groups is 1. The van der Waals surface area contributed by atoms with E-state index in [2.05, 4.69) is 20.5 Å². The van der Waals surface area contributed by atoms with Crippen molar-refractivity contribution in [2.24, 2.45) is 0 Å². The normalized spacial score (nSPS) is 14.9. The Kier molecular flexibility index (Phi) is 3.74. The Labute approximate surface area is 108 Å². The van der Waals surface area contributed by atoms with E-state index in [1.165, 1.54) is 7.11 Å². The lowest BCUT2D eigenvalue weighted by molar-refractivity contribution is -0.138. The Morgan fingerprint density at radius 2 is 2.11 bits per heavy atom. The van der Waals surface area contributed by atoms with E-state index in [0.717, 1.165) is 4.90 Å². The van der Waals surface area contributed by atoms with Crippen molar-refractivity contribution < 1.29 is 19.1 Å². The highest BCUT2D eigenvalue weighted by Gasteiger charge is 2.28. The second kappa shape index (κ2) is 5.46. The lowest BCUT2D eigenvalue weighted by Crippen LogP contribution is -2.32. The molecule has 1 fully saturated rings. The summed E-state index contributed by atoms with van der Waals surface area (Å²) in [6.45, 7) is 0.0781. The molecule has 0 atom stereocenters. The molecule has 2 heterocycles. The first-order valence-corrected chi connectivity index (χ1v) is 5.69. The Morgan fingerprint density at radius 1 is 1.42 bits per heavy atom. The maximum Gasteiger partial charge on any atom is 0.336 e. The molecule has 9 nitrogen and oxygen atoms in total. The lowest BCUT2D eigenvalue weighted by atomic mass is 10.3. The number of hydrogen-bond acceptors (Lipinski definition) is 6. The molecule has 3 amide bonds. The largest absolute Gasteiger partial charge is 0.466 e. The molecule has 0 unspecified atom stereocenters. The molecule has 2 N–H and O–H groups in total. The molecule has 0 radical (unpaired) electrons. The number of nitrogens with zero attached hydrogens (tertiary/aromatic N) is 3. The molecule has 2 rings (SSSR count). The summed E-state index contributed by atoms with van der Waals surface area (Å²) in [6.07, 6.45) is 0.458. The predicted molar refractivity (Wildman–Crippen MR) is 62.1 cm³/mol. The van der Waals surface area contributed by atoms with Gasteiger partial charge in [-0.25, -0.2) is 5.10 Å². The molecule has 102 valence electrons. The molecule has 0 spiro atoms. The highest BCUT2D eigenvalue weighted by Crippen LogP contribution is 2.12. The van der Waals surface area contributed by atoms with Gasteiger partial charge in [0.1, 0.15) is 0 Å². The third-order valence-corrected chi connectivity index (χ3v) is 2.62. The molecule has 19 heavy (non-hydrogen) atoms. The number of rotatable bonds is 5. The number of aromatic amines is 1. The van der Waals surface area contributed by atoms with Crippen LogP contribution in [0.4, 0.5) is 5.95 Å². The average Bonchev–Trinajstić information content (AvgIpc) is 2.95. The molecule has 1 saturated heterocycles. The second-order valence-corrected chi connectivity index (χ2v) is 3.91. The molecule has 0 aliphatic carbocycles. The van der Waals surface area contributed by atoms with E-state index >= 15 is 0 Å². The Hall–Kier alpha value is -2.45. The van der Waals surface area contributed by atoms with Gasteiger partial charge in [-0.3, -0.25) is 24.6 Å². The minimum absolute atomic E-state index is 0.0144. The van der Waals surface area contributed by atoms with Crippen LogP contribution < -0.4 is 10.1 Å². The molecule has 0 saturated carbocycles. The number of hydrogen-bond donors (Lipinski definition) is 2. The van der Waals surface area contributed by atoms with Crippen LogP contribution in [0.5, 0.6) is 6.01 Å². The number of carbonyl (C=O) groups is 3. The number of anilines is 1. The fourth-order valence-electron chi connectivity index (χ4n) is 1.67. The molecular formula is C10H13N5O4. The van der Waals surface area contributed by atoms with Crippen molar-refractivity contribution in [1.82, 2.24) is 20.1 Å². The van der Waals surface area contributed by atoms with Gasteiger partial charge in [0.15, 0.2) is 0 Å². The molecule has 1 aromatic rings. The summed E-state index contributed by atoms with van der Waals surface area (Å²) in [5.41, 5.74) is 0. The summed E-state index contributed by atoms with van der Waals surface area (Å²) < 4.78 is 4.74. The van der Waals surface area contributed by atoms with E-state index in [0.29, 0.717) is 0 Å². The Morgan fingerprint density at radius 3 is 2.68 bits per heavy atom. The number of methoxy groups -OCH3 is 1. The third-order valence-electron chi connectivity index (χ3n) is 2.62. The van der Waals surface area contributed by atoms with Gasteiger partial charge in [0.05, 0.1) is 7.11 Å². The predicted octanol–water partition coefficient (Wildman–Crippen LogP) is -0.709. The zero-order chi connectivity index (χ0) is 13.8. The van der Waals surface area contributed by atoms with Crippen LogP contribution in [-0.2, 0) is 14.4 Å². The van der Waals surface area contributed by atoms with Crippen LogP contribution >= 0.6 is 0 Å². The van der Waals surface area contributed by atoms with E-state index in [9.17, 15) is 14.4 Å². The number of amides is 3. The first kappa shape index (κ1) is 13.0. The first-order chi connectivity index (χ1) is 9.10. The zero-order valence-electron chi connectivity index (χ0n) is 10.3. The van der Waals surface area contributed by atoms with Crippen molar-refractivity contribution in [1.29, 1.82) is 0 Å². The number of nitrogens with one attached hydrogen (secondary N) is 2. The number of H-pyrrole nitrogens is 1. The van der Waals surface area contributed by atoms with Crippen LogP contribution in [0.25, 0.3) is 0 Å². The Bertz CT molecular complexity index is 496. The van der Waals surface area contributed by atoms with E-state index in [-0.39, 0.29) is 55.5 Å².